The third kappa shape index (κ3) is 3.41. The number of aryl methyl sites for hydroxylation is 1. The lowest BCUT2D eigenvalue weighted by molar-refractivity contribution is -0.385. The summed E-state index contributed by atoms with van der Waals surface area (Å²) in [4.78, 5) is 26.4. The molecule has 1 saturated heterocycles. The van der Waals surface area contributed by atoms with Crippen LogP contribution in [0.25, 0.3) is 0 Å². The zero-order valence-corrected chi connectivity index (χ0v) is 17.3. The number of nitrogens with one attached hydrogen (secondary N) is 1. The van der Waals surface area contributed by atoms with E-state index in [-0.39, 0.29) is 23.1 Å². The molecule has 1 fully saturated rings. The molecular weight excluding hydrogens is 378 g/mol. The van der Waals surface area contributed by atoms with Crippen LogP contribution in [-0.4, -0.2) is 35.4 Å². The van der Waals surface area contributed by atoms with Gasteiger partial charge in [-0.15, -0.1) is 6.58 Å². The highest BCUT2D eigenvalue weighted by Crippen LogP contribution is 2.46. The number of nitro benzene ring substituents is 1. The Labute approximate surface area is 176 Å². The molecule has 2 aromatic carbocycles. The molecule has 1 amide bonds. The summed E-state index contributed by atoms with van der Waals surface area (Å²) in [6.45, 7) is 8.11. The molecule has 2 aliphatic rings. The second-order valence-corrected chi connectivity index (χ2v) is 8.35. The largest absolute Gasteiger partial charge is 0.330 e. The number of hydrogen-bond acceptors (Lipinski definition) is 4. The van der Waals surface area contributed by atoms with Gasteiger partial charge in [0.05, 0.1) is 11.0 Å². The van der Waals surface area contributed by atoms with Gasteiger partial charge in [-0.05, 0) is 62.5 Å². The molecule has 1 N–H and O–H groups in total. The number of amides is 1. The summed E-state index contributed by atoms with van der Waals surface area (Å²) in [5.74, 6) is -0.0766. The number of benzene rings is 2. The Kier molecular flexibility index (Phi) is 5.43. The predicted molar refractivity (Wildman–Crippen MR) is 117 cm³/mol. The van der Waals surface area contributed by atoms with E-state index in [1.165, 1.54) is 17.2 Å². The highest BCUT2D eigenvalue weighted by Gasteiger charge is 2.45. The molecule has 2 aliphatic heterocycles. The molecule has 0 aromatic heterocycles. The lowest BCUT2D eigenvalue weighted by Crippen LogP contribution is -2.54. The fraction of sp³-hybridized carbons (Fsp3) is 0.375. The summed E-state index contributed by atoms with van der Waals surface area (Å²) in [7, 11) is 0. The monoisotopic (exact) mass is 405 g/mol. The second kappa shape index (κ2) is 8.03. The van der Waals surface area contributed by atoms with Crippen molar-refractivity contribution in [3.8, 4) is 0 Å². The first-order valence-electron chi connectivity index (χ1n) is 10.4. The molecule has 6 nitrogen and oxygen atoms in total. The van der Waals surface area contributed by atoms with Gasteiger partial charge in [-0.25, -0.2) is 0 Å². The third-order valence-electron chi connectivity index (χ3n) is 6.59. The van der Waals surface area contributed by atoms with Gasteiger partial charge in [0, 0.05) is 29.2 Å². The average molecular weight is 405 g/mol. The number of hydrogen-bond donors (Lipinski definition) is 1. The number of nitrogens with zero attached hydrogens (tertiary/aromatic N) is 2. The summed E-state index contributed by atoms with van der Waals surface area (Å²) in [6.07, 6.45) is 4.49. The van der Waals surface area contributed by atoms with Crippen LogP contribution in [0.5, 0.6) is 0 Å². The van der Waals surface area contributed by atoms with Crippen LogP contribution in [0.15, 0.2) is 55.1 Å². The number of fused-ring (bicyclic) bond motifs is 2. The van der Waals surface area contributed by atoms with E-state index in [1.807, 2.05) is 17.0 Å². The Bertz CT molecular complexity index is 995. The zero-order valence-electron chi connectivity index (χ0n) is 17.3. The first kappa shape index (κ1) is 20.3. The Morgan fingerprint density at radius 3 is 2.70 bits per heavy atom. The number of carbonyl (C=O) groups is 1. The lowest BCUT2D eigenvalue weighted by Gasteiger charge is -2.50. The molecule has 0 unspecified atom stereocenters. The Hall–Kier alpha value is -2.99. The Morgan fingerprint density at radius 2 is 2.03 bits per heavy atom. The number of piperidine rings is 1. The number of carbonyl (C=O) groups excluding carboxylic acids is 1. The van der Waals surface area contributed by atoms with Crippen LogP contribution in [0.1, 0.15) is 52.4 Å². The van der Waals surface area contributed by atoms with Crippen LogP contribution in [0.3, 0.4) is 0 Å². The van der Waals surface area contributed by atoms with Crippen LogP contribution in [0.2, 0.25) is 0 Å². The quantitative estimate of drug-likeness (QED) is 0.468. The number of nitro groups is 1. The Balaban J connectivity index is 1.78. The van der Waals surface area contributed by atoms with Crippen molar-refractivity contribution in [2.45, 2.75) is 37.6 Å². The molecule has 6 heteroatoms. The average Bonchev–Trinajstić information content (AvgIpc) is 2.75. The van der Waals surface area contributed by atoms with Gasteiger partial charge in [0.2, 0.25) is 0 Å². The van der Waals surface area contributed by atoms with E-state index in [9.17, 15) is 14.9 Å². The summed E-state index contributed by atoms with van der Waals surface area (Å²) >= 11 is 0. The summed E-state index contributed by atoms with van der Waals surface area (Å²) in [5, 5.41) is 14.6. The molecular formula is C24H27N3O3. The van der Waals surface area contributed by atoms with Gasteiger partial charge in [0.25, 0.3) is 11.6 Å². The summed E-state index contributed by atoms with van der Waals surface area (Å²) < 4.78 is 0. The van der Waals surface area contributed by atoms with Gasteiger partial charge < -0.3 is 10.2 Å². The third-order valence-corrected chi connectivity index (χ3v) is 6.59. The Morgan fingerprint density at radius 1 is 1.30 bits per heavy atom. The van der Waals surface area contributed by atoms with E-state index in [2.05, 4.69) is 30.1 Å². The van der Waals surface area contributed by atoms with Crippen molar-refractivity contribution in [3.63, 3.8) is 0 Å². The van der Waals surface area contributed by atoms with E-state index in [0.29, 0.717) is 24.1 Å². The normalized spacial score (nSPS) is 19.9. The van der Waals surface area contributed by atoms with Crippen molar-refractivity contribution < 1.29 is 9.72 Å². The minimum atomic E-state index is -0.411. The van der Waals surface area contributed by atoms with Crippen molar-refractivity contribution in [1.29, 1.82) is 0 Å². The minimum Gasteiger partial charge on any atom is -0.330 e. The maximum absolute atomic E-state index is 13.7. The summed E-state index contributed by atoms with van der Waals surface area (Å²) in [6, 6.07) is 13.0. The smallest absolute Gasteiger partial charge is 0.272 e. The van der Waals surface area contributed by atoms with Gasteiger partial charge in [0.15, 0.2) is 0 Å². The van der Waals surface area contributed by atoms with E-state index in [1.54, 1.807) is 19.1 Å². The standard InChI is InChI=1S/C24H27N3O3/c1-3-6-22-19-7-4-5-8-20(19)24(11-13-25-14-12-24)16-26(22)23(28)18-9-10-21(27(29)30)17(2)15-18/h3-5,7-10,15,22,25H,1,6,11-14,16H2,2H3/t22-/m1/s1. The predicted octanol–water partition coefficient (Wildman–Crippen LogP) is 4.30. The van der Waals surface area contributed by atoms with Gasteiger partial charge in [0.1, 0.15) is 0 Å². The first-order chi connectivity index (χ1) is 14.5. The molecule has 2 aromatic rings. The van der Waals surface area contributed by atoms with E-state index in [0.717, 1.165) is 25.9 Å². The topological polar surface area (TPSA) is 75.5 Å². The molecule has 0 aliphatic carbocycles. The summed E-state index contributed by atoms with van der Waals surface area (Å²) in [5.41, 5.74) is 3.51. The van der Waals surface area contributed by atoms with Crippen LogP contribution in [0.4, 0.5) is 5.69 Å². The van der Waals surface area contributed by atoms with Crippen LogP contribution >= 0.6 is 0 Å². The van der Waals surface area contributed by atoms with Crippen LogP contribution in [0, 0.1) is 17.0 Å². The van der Waals surface area contributed by atoms with Gasteiger partial charge in [-0.2, -0.15) is 0 Å². The molecule has 4 rings (SSSR count). The van der Waals surface area contributed by atoms with E-state index in [4.69, 9.17) is 0 Å². The van der Waals surface area contributed by atoms with Gasteiger partial charge in [-0.1, -0.05) is 30.3 Å². The van der Waals surface area contributed by atoms with Gasteiger partial charge >= 0.3 is 0 Å². The fourth-order valence-corrected chi connectivity index (χ4v) is 5.08. The molecule has 0 saturated carbocycles. The van der Waals surface area contributed by atoms with Crippen molar-refractivity contribution >= 4 is 11.6 Å². The molecule has 0 radical (unpaired) electrons. The fourth-order valence-electron chi connectivity index (χ4n) is 5.08. The van der Waals surface area contributed by atoms with Crippen molar-refractivity contribution in [3.05, 3.63) is 87.5 Å². The number of rotatable bonds is 4. The zero-order chi connectivity index (χ0) is 21.3. The lowest BCUT2D eigenvalue weighted by atomic mass is 9.67. The molecule has 156 valence electrons. The SMILES string of the molecule is C=CC[C@@H]1c2ccccc2C2(CCNCC2)CN1C(=O)c1ccc([N+](=O)[O-])c(C)c1. The second-order valence-electron chi connectivity index (χ2n) is 8.35. The van der Waals surface area contributed by atoms with Crippen molar-refractivity contribution in [2.24, 2.45) is 0 Å². The molecule has 1 atom stereocenters. The van der Waals surface area contributed by atoms with Crippen LogP contribution < -0.4 is 5.32 Å². The maximum Gasteiger partial charge on any atom is 0.272 e. The highest BCUT2D eigenvalue weighted by atomic mass is 16.6. The highest BCUT2D eigenvalue weighted by molar-refractivity contribution is 5.95. The molecule has 30 heavy (non-hydrogen) atoms. The first-order valence-corrected chi connectivity index (χ1v) is 10.4. The molecule has 1 spiro atoms. The maximum atomic E-state index is 13.7. The van der Waals surface area contributed by atoms with Crippen LogP contribution in [-0.2, 0) is 5.41 Å². The molecule has 0 bridgehead atoms. The van der Waals surface area contributed by atoms with E-state index < -0.39 is 4.92 Å². The van der Waals surface area contributed by atoms with Gasteiger partial charge in [-0.3, -0.25) is 14.9 Å². The molecule has 2 heterocycles. The van der Waals surface area contributed by atoms with E-state index >= 15 is 0 Å². The van der Waals surface area contributed by atoms with Crippen molar-refractivity contribution in [1.82, 2.24) is 10.2 Å². The van der Waals surface area contributed by atoms with Crippen molar-refractivity contribution in [2.75, 3.05) is 19.6 Å². The minimum absolute atomic E-state index is 0.0352.